The van der Waals surface area contributed by atoms with Gasteiger partial charge in [-0.3, -0.25) is 0 Å². The summed E-state index contributed by atoms with van der Waals surface area (Å²) in [5.74, 6) is -1.22. The Morgan fingerprint density at radius 2 is 1.23 bits per heavy atom. The number of methoxy groups -OCH3 is 3. The zero-order valence-electron chi connectivity index (χ0n) is 37.1. The number of carbonyl (C=O) groups is 3. The lowest BCUT2D eigenvalue weighted by molar-refractivity contribution is -0.155. The predicted octanol–water partition coefficient (Wildman–Crippen LogP) is 4.96. The average Bonchev–Trinajstić information content (AvgIpc) is 4.07. The maximum absolute atomic E-state index is 12.7. The topological polar surface area (TPSA) is 204 Å². The number of ether oxygens (including phenoxy) is 6. The summed E-state index contributed by atoms with van der Waals surface area (Å²) in [7, 11) is 2.65. The van der Waals surface area contributed by atoms with Crippen LogP contribution in [-0.2, 0) is 42.8 Å². The summed E-state index contributed by atoms with van der Waals surface area (Å²) in [5, 5.41) is 26.7. The van der Waals surface area contributed by atoms with Gasteiger partial charge in [0.25, 0.3) is 0 Å². The van der Waals surface area contributed by atoms with Gasteiger partial charge in [0, 0.05) is 42.6 Å². The number of esters is 3. The van der Waals surface area contributed by atoms with Crippen LogP contribution >= 0.6 is 65.9 Å². The first-order valence-corrected chi connectivity index (χ1v) is 24.4. The molecule has 358 valence electrons. The van der Waals surface area contributed by atoms with E-state index < -0.39 is 25.4 Å². The number of rotatable bonds is 7. The normalized spacial score (nSPS) is 17.7. The highest BCUT2D eigenvalue weighted by atomic mass is 79.9. The molecule has 5 aromatic rings. The van der Waals surface area contributed by atoms with Gasteiger partial charge in [0.15, 0.2) is 32.5 Å². The monoisotopic (exact) mass is 1100 g/mol. The molecule has 0 radical (unpaired) electrons. The highest BCUT2D eigenvalue weighted by Gasteiger charge is 2.30. The molecule has 0 amide bonds. The van der Waals surface area contributed by atoms with E-state index in [0.29, 0.717) is 44.9 Å². The van der Waals surface area contributed by atoms with E-state index in [0.717, 1.165) is 65.8 Å². The van der Waals surface area contributed by atoms with Crippen LogP contribution in [0.25, 0.3) is 11.1 Å². The zero-order valence-corrected chi connectivity index (χ0v) is 42.7. The van der Waals surface area contributed by atoms with E-state index in [1.165, 1.54) is 33.5 Å². The van der Waals surface area contributed by atoms with E-state index in [-0.39, 0.29) is 23.7 Å². The number of halogens is 3. The molecule has 3 N–H and O–H groups in total. The molecule has 8 rings (SSSR count). The number of aryl methyl sites for hydroxylation is 3. The maximum Gasteiger partial charge on any atom is 0.488 e. The molecular formula is C42H52BBr2FN6O11S3. The summed E-state index contributed by atoms with van der Waals surface area (Å²) in [5.41, 5.74) is 5.28. The van der Waals surface area contributed by atoms with Crippen molar-refractivity contribution < 1.29 is 57.2 Å². The number of hydrogen-bond donors (Lipinski definition) is 3. The van der Waals surface area contributed by atoms with Crippen molar-refractivity contribution in [3.63, 3.8) is 0 Å². The molecule has 0 spiro atoms. The van der Waals surface area contributed by atoms with Crippen LogP contribution in [0.1, 0.15) is 17.1 Å². The third kappa shape index (κ3) is 17.9. The van der Waals surface area contributed by atoms with Crippen LogP contribution in [0, 0.1) is 26.6 Å². The fraction of sp³-hybridized carbons (Fsp3) is 0.429. The average molecular weight is 1100 g/mol. The molecule has 3 fully saturated rings. The standard InChI is InChI=1S/C12H10BFO2.C10H13BrN2O3S.C10H14N2O3S.C6H11NO3.C4H4BrNS/c14-12-7-3-10(4-8-12)9-1-5-11(6-2-9)13(15)16;1-6-8(11)17-10(12-6)13-3-4-16-7(5-13)9(14)15-2;1-7-6-16-10(11-7)12-3-4-15-8(5-12)9(13)14-2;1-9-6(8)5-4-7-2-3-10-5;1-3-2-7-4(5)6-3/h1-8,15-16H;7H,3-5H2,1-2H3;6,8H,3-5H2,1-2H3;5,7H,2-4H2,1H3;2H,1H3. The zero-order chi connectivity index (χ0) is 48.2. The lowest BCUT2D eigenvalue weighted by atomic mass is 9.80. The highest BCUT2D eigenvalue weighted by Crippen LogP contribution is 2.31. The van der Waals surface area contributed by atoms with E-state index in [1.807, 2.05) is 36.4 Å². The number of benzene rings is 2. The minimum Gasteiger partial charge on any atom is -0.467 e. The maximum atomic E-state index is 12.7. The molecule has 2 aromatic carbocycles. The summed E-state index contributed by atoms with van der Waals surface area (Å²) >= 11 is 11.4. The smallest absolute Gasteiger partial charge is 0.467 e. The van der Waals surface area contributed by atoms with E-state index in [1.54, 1.807) is 70.4 Å². The summed E-state index contributed by atoms with van der Waals surface area (Å²) in [6.07, 6.45) is -1.42. The Hall–Kier alpha value is -3.95. The van der Waals surface area contributed by atoms with Crippen LogP contribution in [-0.4, -0.2) is 149 Å². The molecule has 6 heterocycles. The lowest BCUT2D eigenvalue weighted by Gasteiger charge is -2.31. The predicted molar refractivity (Wildman–Crippen MR) is 260 cm³/mol. The van der Waals surface area contributed by atoms with Crippen molar-refractivity contribution in [1.29, 1.82) is 0 Å². The Labute approximate surface area is 412 Å². The highest BCUT2D eigenvalue weighted by molar-refractivity contribution is 9.11. The van der Waals surface area contributed by atoms with Crippen LogP contribution in [0.3, 0.4) is 0 Å². The number of nitrogens with zero attached hydrogens (tertiary/aromatic N) is 5. The summed E-state index contributed by atoms with van der Waals surface area (Å²) < 4.78 is 44.3. The second-order valence-corrected chi connectivity index (χ2v) is 19.4. The first-order valence-electron chi connectivity index (χ1n) is 20.3. The van der Waals surface area contributed by atoms with Crippen molar-refractivity contribution in [3.05, 3.63) is 89.9 Å². The minimum absolute atomic E-state index is 0.272. The van der Waals surface area contributed by atoms with Crippen LogP contribution in [0.4, 0.5) is 14.7 Å². The SMILES string of the molecule is COC(=O)C1CN(c2nc(C)c(Br)s2)CCO1.COC(=O)C1CN(c2nc(C)cs2)CCO1.COC(=O)C1CNCCO1.Cc1csc(Br)n1.OB(O)c1ccc(-c2ccc(F)cc2)cc1. The third-order valence-electron chi connectivity index (χ3n) is 9.31. The van der Waals surface area contributed by atoms with E-state index in [4.69, 9.17) is 24.3 Å². The van der Waals surface area contributed by atoms with Crippen LogP contribution in [0.5, 0.6) is 0 Å². The van der Waals surface area contributed by atoms with Crippen LogP contribution in [0.2, 0.25) is 0 Å². The fourth-order valence-electron chi connectivity index (χ4n) is 5.84. The second-order valence-electron chi connectivity index (χ2n) is 14.1. The fourth-order valence-corrected chi connectivity index (χ4v) is 9.12. The van der Waals surface area contributed by atoms with Gasteiger partial charge in [-0.25, -0.2) is 33.7 Å². The van der Waals surface area contributed by atoms with Crippen molar-refractivity contribution in [1.82, 2.24) is 20.3 Å². The summed E-state index contributed by atoms with van der Waals surface area (Å²) in [4.78, 5) is 50.5. The van der Waals surface area contributed by atoms with Crippen molar-refractivity contribution in [2.24, 2.45) is 0 Å². The Balaban J connectivity index is 0.000000186. The van der Waals surface area contributed by atoms with Gasteiger partial charge >= 0.3 is 25.0 Å². The van der Waals surface area contributed by atoms with E-state index >= 15 is 0 Å². The molecule has 66 heavy (non-hydrogen) atoms. The Kier molecular flexibility index (Phi) is 23.5. The third-order valence-corrected chi connectivity index (χ3v) is 13.9. The minimum atomic E-state index is -1.46. The van der Waals surface area contributed by atoms with Crippen molar-refractivity contribution in [2.45, 2.75) is 39.1 Å². The molecule has 24 heteroatoms. The van der Waals surface area contributed by atoms with Gasteiger partial charge in [-0.2, -0.15) is 0 Å². The van der Waals surface area contributed by atoms with Gasteiger partial charge in [-0.1, -0.05) is 47.7 Å². The molecule has 0 saturated carbocycles. The molecule has 3 atom stereocenters. The summed E-state index contributed by atoms with van der Waals surface area (Å²) in [6, 6.07) is 12.9. The molecule has 3 unspecified atom stereocenters. The number of thiazole rings is 3. The molecule has 3 aliphatic rings. The number of aromatic nitrogens is 3. The quantitative estimate of drug-likeness (QED) is 0.112. The largest absolute Gasteiger partial charge is 0.488 e. The molecule has 3 saturated heterocycles. The van der Waals surface area contributed by atoms with Gasteiger partial charge in [0.05, 0.1) is 69.4 Å². The summed E-state index contributed by atoms with van der Waals surface area (Å²) in [6.45, 7) is 11.4. The number of hydrogen-bond acceptors (Lipinski definition) is 20. The number of carbonyl (C=O) groups excluding carboxylic acids is 3. The van der Waals surface area contributed by atoms with Gasteiger partial charge in [-0.05, 0) is 81.4 Å². The Bertz CT molecular complexity index is 2220. The number of morpholine rings is 3. The van der Waals surface area contributed by atoms with Crippen LogP contribution in [0.15, 0.2) is 67.0 Å². The van der Waals surface area contributed by atoms with Crippen molar-refractivity contribution in [2.75, 3.05) is 90.2 Å². The Morgan fingerprint density at radius 1 is 0.727 bits per heavy atom. The van der Waals surface area contributed by atoms with Gasteiger partial charge < -0.3 is 53.6 Å². The van der Waals surface area contributed by atoms with Crippen molar-refractivity contribution in [3.8, 4) is 11.1 Å². The molecule has 0 bridgehead atoms. The van der Waals surface area contributed by atoms with Gasteiger partial charge in [0.1, 0.15) is 5.82 Å². The molecule has 3 aliphatic heterocycles. The molecule has 3 aromatic heterocycles. The molecular weight excluding hydrogens is 1050 g/mol. The van der Waals surface area contributed by atoms with E-state index in [2.05, 4.69) is 71.2 Å². The Morgan fingerprint density at radius 3 is 1.64 bits per heavy atom. The molecule has 0 aliphatic carbocycles. The van der Waals surface area contributed by atoms with Crippen molar-refractivity contribution >= 4 is 107 Å². The molecule has 17 nitrogen and oxygen atoms in total. The van der Waals surface area contributed by atoms with Gasteiger partial charge in [0.2, 0.25) is 0 Å². The first-order chi connectivity index (χ1) is 31.6. The van der Waals surface area contributed by atoms with Crippen LogP contribution < -0.4 is 20.6 Å². The first kappa shape index (κ1) is 54.7. The number of nitrogens with one attached hydrogen (secondary N) is 1. The van der Waals surface area contributed by atoms with Gasteiger partial charge in [-0.15, -0.1) is 22.7 Å². The lowest BCUT2D eigenvalue weighted by Crippen LogP contribution is -2.46. The number of anilines is 2. The second kappa shape index (κ2) is 28.4. The van der Waals surface area contributed by atoms with E-state index in [9.17, 15) is 18.8 Å².